The minimum atomic E-state index is -0.302. The van der Waals surface area contributed by atoms with Crippen LogP contribution in [0.25, 0.3) is 0 Å². The van der Waals surface area contributed by atoms with Crippen LogP contribution in [0.15, 0.2) is 33.3 Å². The molecule has 0 saturated heterocycles. The fourth-order valence-corrected chi connectivity index (χ4v) is 3.52. The van der Waals surface area contributed by atoms with Crippen molar-refractivity contribution >= 4 is 43.5 Å². The maximum atomic E-state index is 6.35. The SMILES string of the molecule is CCCn1ncc(Cl)c1C(N)c1ccc(Br)cc1Br. The number of rotatable bonds is 4. The van der Waals surface area contributed by atoms with Gasteiger partial charge in [0.2, 0.25) is 0 Å². The van der Waals surface area contributed by atoms with Crippen LogP contribution < -0.4 is 5.73 Å². The molecule has 1 atom stereocenters. The van der Waals surface area contributed by atoms with Crippen molar-refractivity contribution in [2.75, 3.05) is 0 Å². The molecule has 0 bridgehead atoms. The van der Waals surface area contributed by atoms with Gasteiger partial charge in [-0.05, 0) is 24.1 Å². The summed E-state index contributed by atoms with van der Waals surface area (Å²) in [4.78, 5) is 0. The Morgan fingerprint density at radius 1 is 1.42 bits per heavy atom. The van der Waals surface area contributed by atoms with Crippen LogP contribution in [0.4, 0.5) is 0 Å². The number of nitrogens with two attached hydrogens (primary N) is 1. The highest BCUT2D eigenvalue weighted by Crippen LogP contribution is 2.32. The predicted molar refractivity (Wildman–Crippen MR) is 85.4 cm³/mol. The molecule has 2 N–H and O–H groups in total. The summed E-state index contributed by atoms with van der Waals surface area (Å²) in [5.41, 5.74) is 8.20. The van der Waals surface area contributed by atoms with Gasteiger partial charge in [0.25, 0.3) is 0 Å². The lowest BCUT2D eigenvalue weighted by Crippen LogP contribution is -2.18. The van der Waals surface area contributed by atoms with Crippen molar-refractivity contribution in [3.63, 3.8) is 0 Å². The zero-order valence-electron chi connectivity index (χ0n) is 10.4. The van der Waals surface area contributed by atoms with Gasteiger partial charge in [-0.1, -0.05) is 56.5 Å². The molecule has 2 rings (SSSR count). The maximum Gasteiger partial charge on any atom is 0.0837 e. The zero-order chi connectivity index (χ0) is 14.0. The van der Waals surface area contributed by atoms with E-state index in [9.17, 15) is 0 Å². The molecule has 0 radical (unpaired) electrons. The van der Waals surface area contributed by atoms with E-state index in [1.54, 1.807) is 6.20 Å². The molecule has 0 spiro atoms. The molecule has 19 heavy (non-hydrogen) atoms. The van der Waals surface area contributed by atoms with Gasteiger partial charge in [0, 0.05) is 15.5 Å². The lowest BCUT2D eigenvalue weighted by atomic mass is 10.0. The molecule has 1 unspecified atom stereocenters. The molecule has 1 aromatic carbocycles. The van der Waals surface area contributed by atoms with Gasteiger partial charge in [0.1, 0.15) is 0 Å². The van der Waals surface area contributed by atoms with Crippen LogP contribution in [0.5, 0.6) is 0 Å². The molecule has 3 nitrogen and oxygen atoms in total. The van der Waals surface area contributed by atoms with E-state index < -0.39 is 0 Å². The lowest BCUT2D eigenvalue weighted by Gasteiger charge is -2.16. The van der Waals surface area contributed by atoms with Gasteiger partial charge in [-0.2, -0.15) is 5.10 Å². The summed E-state index contributed by atoms with van der Waals surface area (Å²) in [6.07, 6.45) is 2.64. The molecule has 1 aromatic heterocycles. The summed E-state index contributed by atoms with van der Waals surface area (Å²) in [6.45, 7) is 2.91. The number of aryl methyl sites for hydroxylation is 1. The second kappa shape index (κ2) is 6.39. The molecule has 102 valence electrons. The summed E-state index contributed by atoms with van der Waals surface area (Å²) in [7, 11) is 0. The van der Waals surface area contributed by atoms with Crippen LogP contribution in [0.1, 0.15) is 30.6 Å². The third kappa shape index (κ3) is 3.21. The highest BCUT2D eigenvalue weighted by atomic mass is 79.9. The number of aromatic nitrogens is 2. The van der Waals surface area contributed by atoms with E-state index in [1.165, 1.54) is 0 Å². The first kappa shape index (κ1) is 15.0. The second-order valence-electron chi connectivity index (χ2n) is 4.24. The second-order valence-corrected chi connectivity index (χ2v) is 6.42. The van der Waals surface area contributed by atoms with Crippen molar-refractivity contribution in [3.05, 3.63) is 49.6 Å². The largest absolute Gasteiger partial charge is 0.319 e. The summed E-state index contributed by atoms with van der Waals surface area (Å²) in [5.74, 6) is 0. The van der Waals surface area contributed by atoms with E-state index in [4.69, 9.17) is 17.3 Å². The molecular formula is C13H14Br2ClN3. The Hall–Kier alpha value is -0.360. The number of nitrogens with zero attached hydrogens (tertiary/aromatic N) is 2. The van der Waals surface area contributed by atoms with Crippen LogP contribution in [-0.2, 0) is 6.54 Å². The van der Waals surface area contributed by atoms with Gasteiger partial charge in [-0.25, -0.2) is 0 Å². The third-order valence-corrected chi connectivity index (χ3v) is 4.33. The van der Waals surface area contributed by atoms with Crippen LogP contribution in [0.2, 0.25) is 5.02 Å². The van der Waals surface area contributed by atoms with E-state index in [1.807, 2.05) is 22.9 Å². The molecule has 0 fully saturated rings. The maximum absolute atomic E-state index is 6.35. The van der Waals surface area contributed by atoms with Gasteiger partial charge < -0.3 is 5.73 Å². The molecule has 1 heterocycles. The quantitative estimate of drug-likeness (QED) is 0.810. The van der Waals surface area contributed by atoms with Crippen molar-refractivity contribution in [3.8, 4) is 0 Å². The Bertz CT molecular complexity index is 583. The normalized spacial score (nSPS) is 12.7. The fourth-order valence-electron chi connectivity index (χ4n) is 1.97. The summed E-state index contributed by atoms with van der Waals surface area (Å²) >= 11 is 13.2. The highest BCUT2D eigenvalue weighted by molar-refractivity contribution is 9.11. The number of halogens is 3. The Morgan fingerprint density at radius 3 is 2.79 bits per heavy atom. The average molecular weight is 408 g/mol. The van der Waals surface area contributed by atoms with Crippen LogP contribution >= 0.6 is 43.5 Å². The van der Waals surface area contributed by atoms with Gasteiger partial charge in [-0.15, -0.1) is 0 Å². The Balaban J connectivity index is 2.43. The first-order chi connectivity index (χ1) is 9.04. The van der Waals surface area contributed by atoms with Crippen molar-refractivity contribution < 1.29 is 0 Å². The minimum absolute atomic E-state index is 0.302. The van der Waals surface area contributed by atoms with Gasteiger partial charge in [0.15, 0.2) is 0 Å². The van der Waals surface area contributed by atoms with E-state index in [2.05, 4.69) is 43.9 Å². The monoisotopic (exact) mass is 405 g/mol. The van der Waals surface area contributed by atoms with Crippen LogP contribution in [-0.4, -0.2) is 9.78 Å². The zero-order valence-corrected chi connectivity index (χ0v) is 14.3. The first-order valence-electron chi connectivity index (χ1n) is 5.96. The fraction of sp³-hybridized carbons (Fsp3) is 0.308. The molecule has 6 heteroatoms. The predicted octanol–water partition coefficient (Wildman–Crippen LogP) is 4.52. The average Bonchev–Trinajstić information content (AvgIpc) is 2.70. The number of hydrogen-bond acceptors (Lipinski definition) is 2. The molecule has 0 aliphatic rings. The van der Waals surface area contributed by atoms with Crippen molar-refractivity contribution in [2.24, 2.45) is 5.73 Å². The van der Waals surface area contributed by atoms with Gasteiger partial charge in [-0.3, -0.25) is 4.68 Å². The van der Waals surface area contributed by atoms with Gasteiger partial charge in [0.05, 0.1) is 23.0 Å². The first-order valence-corrected chi connectivity index (χ1v) is 7.92. The molecule has 2 aromatic rings. The molecule has 0 amide bonds. The molecular weight excluding hydrogens is 393 g/mol. The summed E-state index contributed by atoms with van der Waals surface area (Å²) in [6, 6.07) is 5.63. The lowest BCUT2D eigenvalue weighted by molar-refractivity contribution is 0.559. The standard InChI is InChI=1S/C13H14Br2ClN3/c1-2-5-19-13(11(16)7-18-19)12(17)9-4-3-8(14)6-10(9)15/h3-4,6-7,12H,2,5,17H2,1H3. The van der Waals surface area contributed by atoms with Crippen LogP contribution in [0, 0.1) is 0 Å². The van der Waals surface area contributed by atoms with Crippen LogP contribution in [0.3, 0.4) is 0 Å². The van der Waals surface area contributed by atoms with E-state index in [0.717, 1.165) is 33.2 Å². The molecule has 0 saturated carbocycles. The Kier molecular flexibility index (Phi) is 5.06. The van der Waals surface area contributed by atoms with Crippen molar-refractivity contribution in [2.45, 2.75) is 25.9 Å². The van der Waals surface area contributed by atoms with E-state index in [-0.39, 0.29) is 6.04 Å². The highest BCUT2D eigenvalue weighted by Gasteiger charge is 2.20. The van der Waals surface area contributed by atoms with Crippen molar-refractivity contribution in [1.82, 2.24) is 9.78 Å². The van der Waals surface area contributed by atoms with Crippen molar-refractivity contribution in [1.29, 1.82) is 0 Å². The molecule has 0 aliphatic carbocycles. The summed E-state index contributed by atoms with van der Waals surface area (Å²) < 4.78 is 3.83. The topological polar surface area (TPSA) is 43.8 Å². The summed E-state index contributed by atoms with van der Waals surface area (Å²) in [5, 5.41) is 4.89. The third-order valence-electron chi connectivity index (χ3n) is 2.86. The number of benzene rings is 1. The van der Waals surface area contributed by atoms with E-state index >= 15 is 0 Å². The molecule has 0 aliphatic heterocycles. The Labute approximate surface area is 134 Å². The minimum Gasteiger partial charge on any atom is -0.319 e. The number of hydrogen-bond donors (Lipinski definition) is 1. The Morgan fingerprint density at radius 2 is 2.16 bits per heavy atom. The smallest absolute Gasteiger partial charge is 0.0837 e. The van der Waals surface area contributed by atoms with Gasteiger partial charge >= 0.3 is 0 Å². The van der Waals surface area contributed by atoms with E-state index in [0.29, 0.717) is 5.02 Å².